The molecule has 0 aliphatic heterocycles. The molecule has 0 aliphatic rings. The topological polar surface area (TPSA) is 61.2 Å². The van der Waals surface area contributed by atoms with Gasteiger partial charge in [-0.15, -0.1) is 0 Å². The molecule has 0 amide bonds. The molecule has 1 aromatic carbocycles. The number of hydrogen-bond donors (Lipinski definition) is 0. The number of ether oxygens (including phenoxy) is 1. The van der Waals surface area contributed by atoms with Crippen LogP contribution < -0.4 is 5.56 Å². The van der Waals surface area contributed by atoms with Crippen molar-refractivity contribution in [2.24, 2.45) is 7.05 Å². The second-order valence-electron chi connectivity index (χ2n) is 5.71. The van der Waals surface area contributed by atoms with Crippen molar-refractivity contribution in [1.82, 2.24) is 9.55 Å². The van der Waals surface area contributed by atoms with E-state index in [1.54, 1.807) is 14.0 Å². The smallest absolute Gasteiger partial charge is 0.318 e. The molecule has 5 nitrogen and oxygen atoms in total. The van der Waals surface area contributed by atoms with E-state index in [0.717, 1.165) is 11.1 Å². The van der Waals surface area contributed by atoms with Crippen LogP contribution in [0.25, 0.3) is 0 Å². The maximum absolute atomic E-state index is 12.7. The SMILES string of the molecule is COC(=O)[C@H](C)Sc1nc(C)c(Cc2ccccc2C)c(=O)n1C. The summed E-state index contributed by atoms with van der Waals surface area (Å²) in [5.74, 6) is -0.337. The number of hydrogen-bond acceptors (Lipinski definition) is 5. The molecule has 0 N–H and O–H groups in total. The molecule has 128 valence electrons. The van der Waals surface area contributed by atoms with Crippen molar-refractivity contribution in [3.8, 4) is 0 Å². The highest BCUT2D eigenvalue weighted by Crippen LogP contribution is 2.22. The van der Waals surface area contributed by atoms with Crippen LogP contribution in [0.5, 0.6) is 0 Å². The summed E-state index contributed by atoms with van der Waals surface area (Å²) in [6.07, 6.45) is 0.551. The highest BCUT2D eigenvalue weighted by Gasteiger charge is 2.19. The molecule has 0 bridgehead atoms. The molecule has 6 heteroatoms. The lowest BCUT2D eigenvalue weighted by Crippen LogP contribution is -2.27. The van der Waals surface area contributed by atoms with Gasteiger partial charge in [0.15, 0.2) is 5.16 Å². The Balaban J connectivity index is 2.37. The zero-order chi connectivity index (χ0) is 17.9. The molecule has 0 unspecified atom stereocenters. The van der Waals surface area contributed by atoms with E-state index in [-0.39, 0.29) is 11.5 Å². The van der Waals surface area contributed by atoms with Crippen molar-refractivity contribution in [2.75, 3.05) is 7.11 Å². The van der Waals surface area contributed by atoms with Gasteiger partial charge in [-0.2, -0.15) is 0 Å². The lowest BCUT2D eigenvalue weighted by atomic mass is 10.0. The summed E-state index contributed by atoms with van der Waals surface area (Å²) in [6.45, 7) is 5.60. The van der Waals surface area contributed by atoms with Gasteiger partial charge in [-0.05, 0) is 31.9 Å². The highest BCUT2D eigenvalue weighted by molar-refractivity contribution is 8.00. The predicted molar refractivity (Wildman–Crippen MR) is 95.5 cm³/mol. The monoisotopic (exact) mass is 346 g/mol. The minimum absolute atomic E-state index is 0.0784. The molecule has 1 atom stereocenters. The number of thioether (sulfide) groups is 1. The average molecular weight is 346 g/mol. The zero-order valence-corrected chi connectivity index (χ0v) is 15.4. The van der Waals surface area contributed by atoms with Gasteiger partial charge < -0.3 is 4.74 Å². The third-order valence-electron chi connectivity index (χ3n) is 3.99. The minimum atomic E-state index is -0.422. The number of nitrogens with zero attached hydrogens (tertiary/aromatic N) is 2. The first kappa shape index (κ1) is 18.3. The molecule has 24 heavy (non-hydrogen) atoms. The first-order valence-corrected chi connectivity index (χ1v) is 8.58. The molecule has 0 spiro atoms. The third kappa shape index (κ3) is 3.87. The van der Waals surface area contributed by atoms with Crippen molar-refractivity contribution in [1.29, 1.82) is 0 Å². The Hall–Kier alpha value is -2.08. The summed E-state index contributed by atoms with van der Waals surface area (Å²) in [5, 5.41) is 0.0960. The second kappa shape index (κ2) is 7.66. The first-order valence-electron chi connectivity index (χ1n) is 7.70. The Morgan fingerprint density at radius 2 is 2.00 bits per heavy atom. The summed E-state index contributed by atoms with van der Waals surface area (Å²) >= 11 is 1.23. The van der Waals surface area contributed by atoms with Crippen molar-refractivity contribution < 1.29 is 9.53 Å². The van der Waals surface area contributed by atoms with Crippen LogP contribution >= 0.6 is 11.8 Å². The van der Waals surface area contributed by atoms with Crippen molar-refractivity contribution in [3.05, 3.63) is 57.0 Å². The number of benzene rings is 1. The summed E-state index contributed by atoms with van der Waals surface area (Å²) in [5.41, 5.74) is 3.56. The Morgan fingerprint density at radius 3 is 2.62 bits per heavy atom. The van der Waals surface area contributed by atoms with Crippen LogP contribution in [0.3, 0.4) is 0 Å². The van der Waals surface area contributed by atoms with Gasteiger partial charge in [-0.25, -0.2) is 4.98 Å². The Morgan fingerprint density at radius 1 is 1.33 bits per heavy atom. The van der Waals surface area contributed by atoms with Gasteiger partial charge in [0, 0.05) is 24.7 Å². The fraction of sp³-hybridized carbons (Fsp3) is 0.389. The van der Waals surface area contributed by atoms with E-state index in [1.165, 1.54) is 23.4 Å². The van der Waals surface area contributed by atoms with E-state index >= 15 is 0 Å². The lowest BCUT2D eigenvalue weighted by Gasteiger charge is -2.15. The maximum Gasteiger partial charge on any atom is 0.318 e. The number of rotatable bonds is 5. The molecule has 0 saturated heterocycles. The van der Waals surface area contributed by atoms with Crippen LogP contribution in [0.2, 0.25) is 0 Å². The normalized spacial score (nSPS) is 12.0. The molecule has 2 rings (SSSR count). The van der Waals surface area contributed by atoms with Gasteiger partial charge in [0.2, 0.25) is 0 Å². The molecule has 1 aromatic heterocycles. The van der Waals surface area contributed by atoms with Gasteiger partial charge in [0.25, 0.3) is 5.56 Å². The van der Waals surface area contributed by atoms with Gasteiger partial charge in [0.05, 0.1) is 7.11 Å². The first-order chi connectivity index (χ1) is 11.3. The largest absolute Gasteiger partial charge is 0.468 e. The summed E-state index contributed by atoms with van der Waals surface area (Å²) in [4.78, 5) is 28.9. The molecule has 0 saturated carbocycles. The van der Waals surface area contributed by atoms with Gasteiger partial charge >= 0.3 is 5.97 Å². The lowest BCUT2D eigenvalue weighted by molar-refractivity contribution is -0.139. The summed E-state index contributed by atoms with van der Waals surface area (Å²) in [6, 6.07) is 8.01. The van der Waals surface area contributed by atoms with E-state index in [2.05, 4.69) is 4.98 Å². The molecule has 0 radical (unpaired) electrons. The fourth-order valence-corrected chi connectivity index (χ4v) is 3.35. The van der Waals surface area contributed by atoms with Crippen LogP contribution in [0.1, 0.15) is 29.3 Å². The Bertz CT molecular complexity index is 814. The average Bonchev–Trinajstić information content (AvgIpc) is 2.57. The second-order valence-corrected chi connectivity index (χ2v) is 7.02. The summed E-state index contributed by atoms with van der Waals surface area (Å²) in [7, 11) is 3.03. The van der Waals surface area contributed by atoms with Gasteiger partial charge in [-0.3, -0.25) is 14.2 Å². The standard InChI is InChI=1S/C18H22N2O3S/c1-11-8-6-7-9-14(11)10-15-12(2)19-18(20(4)16(15)21)24-13(3)17(22)23-5/h6-9,13H,10H2,1-5H3/t13-/m0/s1. The third-order valence-corrected chi connectivity index (χ3v) is 5.12. The van der Waals surface area contributed by atoms with E-state index in [0.29, 0.717) is 22.8 Å². The molecular formula is C18H22N2O3S. The van der Waals surface area contributed by atoms with Crippen LogP contribution in [-0.4, -0.2) is 27.9 Å². The number of carbonyl (C=O) groups is 1. The van der Waals surface area contributed by atoms with Crippen LogP contribution in [0.15, 0.2) is 34.2 Å². The molecule has 1 heterocycles. The van der Waals surface area contributed by atoms with Crippen molar-refractivity contribution in [3.63, 3.8) is 0 Å². The Kier molecular flexibility index (Phi) is 5.83. The van der Waals surface area contributed by atoms with Gasteiger partial charge in [-0.1, -0.05) is 36.0 Å². The van der Waals surface area contributed by atoms with Crippen molar-refractivity contribution >= 4 is 17.7 Å². The van der Waals surface area contributed by atoms with Crippen LogP contribution in [-0.2, 0) is 23.0 Å². The van der Waals surface area contributed by atoms with Crippen molar-refractivity contribution in [2.45, 2.75) is 37.6 Å². The number of aromatic nitrogens is 2. The number of esters is 1. The Labute approximate surface area is 146 Å². The van der Waals surface area contributed by atoms with E-state index in [9.17, 15) is 9.59 Å². The number of methoxy groups -OCH3 is 1. The van der Waals surface area contributed by atoms with E-state index < -0.39 is 5.25 Å². The molecule has 0 aliphatic carbocycles. The minimum Gasteiger partial charge on any atom is -0.468 e. The molecule has 0 fully saturated rings. The molecule has 2 aromatic rings. The van der Waals surface area contributed by atoms with Gasteiger partial charge in [0.1, 0.15) is 5.25 Å². The van der Waals surface area contributed by atoms with E-state index in [4.69, 9.17) is 4.74 Å². The van der Waals surface area contributed by atoms with Crippen LogP contribution in [0.4, 0.5) is 0 Å². The quantitative estimate of drug-likeness (QED) is 0.473. The number of carbonyl (C=O) groups excluding carboxylic acids is 1. The predicted octanol–water partition coefficient (Wildman–Crippen LogP) is 2.64. The number of aryl methyl sites for hydroxylation is 2. The fourth-order valence-electron chi connectivity index (χ4n) is 2.41. The van der Waals surface area contributed by atoms with E-state index in [1.807, 2.05) is 38.1 Å². The maximum atomic E-state index is 12.7. The summed E-state index contributed by atoms with van der Waals surface area (Å²) < 4.78 is 6.23. The van der Waals surface area contributed by atoms with Crippen LogP contribution in [0, 0.1) is 13.8 Å². The zero-order valence-electron chi connectivity index (χ0n) is 14.6. The highest BCUT2D eigenvalue weighted by atomic mass is 32.2. The molecular weight excluding hydrogens is 324 g/mol.